The molecule has 1 atom stereocenters. The van der Waals surface area contributed by atoms with E-state index in [9.17, 15) is 14.7 Å². The Morgan fingerprint density at radius 3 is 2.47 bits per heavy atom. The van der Waals surface area contributed by atoms with Crippen LogP contribution in [0, 0.1) is 13.8 Å². The van der Waals surface area contributed by atoms with Crippen molar-refractivity contribution in [1.29, 1.82) is 0 Å². The summed E-state index contributed by atoms with van der Waals surface area (Å²) in [6, 6.07) is 3.32. The highest BCUT2D eigenvalue weighted by Gasteiger charge is 2.21. The molecule has 2 N–H and O–H groups in total. The second kappa shape index (κ2) is 5.31. The predicted octanol–water partition coefficient (Wildman–Crippen LogP) is 2.43. The maximum absolute atomic E-state index is 11.8. The van der Waals surface area contributed by atoms with Crippen molar-refractivity contribution < 1.29 is 19.8 Å². The third-order valence-corrected chi connectivity index (χ3v) is 3.09. The van der Waals surface area contributed by atoms with Gasteiger partial charge in [-0.3, -0.25) is 9.59 Å². The van der Waals surface area contributed by atoms with Crippen LogP contribution in [0.2, 0.25) is 0 Å². The number of alkyl halides is 1. The predicted molar refractivity (Wildman–Crippen MR) is 66.9 cm³/mol. The number of carbonyl (C=O) groups is 2. The highest BCUT2D eigenvalue weighted by Crippen LogP contribution is 2.26. The number of Topliss-reactive ketones (excluding diaryl/α,β-unsaturated/α-hetero) is 1. The van der Waals surface area contributed by atoms with Gasteiger partial charge in [0.2, 0.25) is 0 Å². The number of halogens is 1. The highest BCUT2D eigenvalue weighted by molar-refractivity contribution is 9.10. The van der Waals surface area contributed by atoms with Crippen LogP contribution in [0.4, 0.5) is 0 Å². The van der Waals surface area contributed by atoms with Gasteiger partial charge in [-0.1, -0.05) is 22.0 Å². The van der Waals surface area contributed by atoms with Crippen molar-refractivity contribution in [2.24, 2.45) is 0 Å². The second-order valence-electron chi connectivity index (χ2n) is 3.91. The maximum atomic E-state index is 11.8. The van der Waals surface area contributed by atoms with E-state index < -0.39 is 16.6 Å². The number of rotatable bonds is 4. The zero-order valence-corrected chi connectivity index (χ0v) is 11.1. The Balaban J connectivity index is 3.01. The first-order chi connectivity index (χ1) is 7.82. The third kappa shape index (κ3) is 3.30. The molecule has 1 aromatic carbocycles. The molecule has 92 valence electrons. The van der Waals surface area contributed by atoms with Gasteiger partial charge in [0, 0.05) is 6.42 Å². The molecule has 0 bridgehead atoms. The average Bonchev–Trinajstić information content (AvgIpc) is 2.22. The molecule has 0 aromatic heterocycles. The number of hydrogen-bond donors (Lipinski definition) is 2. The van der Waals surface area contributed by atoms with E-state index in [1.165, 1.54) is 0 Å². The van der Waals surface area contributed by atoms with Crippen molar-refractivity contribution in [2.45, 2.75) is 25.1 Å². The van der Waals surface area contributed by atoms with Crippen molar-refractivity contribution in [3.05, 3.63) is 28.8 Å². The fraction of sp³-hybridized carbons (Fsp3) is 0.333. The fourth-order valence-electron chi connectivity index (χ4n) is 1.53. The van der Waals surface area contributed by atoms with E-state index in [0.29, 0.717) is 5.56 Å². The molecule has 1 rings (SSSR count). The lowest BCUT2D eigenvalue weighted by Crippen LogP contribution is -2.17. The van der Waals surface area contributed by atoms with Gasteiger partial charge in [-0.05, 0) is 31.0 Å². The van der Waals surface area contributed by atoms with E-state index in [1.807, 2.05) is 6.92 Å². The van der Waals surface area contributed by atoms with Gasteiger partial charge in [-0.15, -0.1) is 0 Å². The van der Waals surface area contributed by atoms with E-state index in [4.69, 9.17) is 5.11 Å². The molecule has 0 unspecified atom stereocenters. The third-order valence-electron chi connectivity index (χ3n) is 2.38. The number of ketones is 1. The standard InChI is InChI=1S/C12H13BrO4/c1-6-3-7(2)11(15)8(4-6)10(14)5-9(13)12(16)17/h3-4,9,15H,5H2,1-2H3,(H,16,17)/t9-/m1/s1. The Hall–Kier alpha value is -1.36. The Kier molecular flexibility index (Phi) is 4.28. The van der Waals surface area contributed by atoms with Gasteiger partial charge in [0.1, 0.15) is 10.6 Å². The van der Waals surface area contributed by atoms with Crippen LogP contribution in [-0.2, 0) is 4.79 Å². The van der Waals surface area contributed by atoms with Gasteiger partial charge >= 0.3 is 5.97 Å². The lowest BCUT2D eigenvalue weighted by molar-refractivity contribution is -0.136. The summed E-state index contributed by atoms with van der Waals surface area (Å²) in [5.41, 5.74) is 1.63. The molecule has 4 nitrogen and oxygen atoms in total. The minimum atomic E-state index is -1.10. The van der Waals surface area contributed by atoms with Crippen LogP contribution in [0.1, 0.15) is 27.9 Å². The van der Waals surface area contributed by atoms with Crippen LogP contribution in [-0.4, -0.2) is 26.8 Å². The van der Waals surface area contributed by atoms with Gasteiger partial charge < -0.3 is 10.2 Å². The first-order valence-electron chi connectivity index (χ1n) is 5.03. The normalized spacial score (nSPS) is 12.2. The van der Waals surface area contributed by atoms with E-state index in [0.717, 1.165) is 5.56 Å². The maximum Gasteiger partial charge on any atom is 0.317 e. The Bertz CT molecular complexity index is 468. The lowest BCUT2D eigenvalue weighted by Gasteiger charge is -2.09. The second-order valence-corrected chi connectivity index (χ2v) is 5.02. The summed E-state index contributed by atoms with van der Waals surface area (Å²) in [6.45, 7) is 3.51. The van der Waals surface area contributed by atoms with Gasteiger partial charge in [0.25, 0.3) is 0 Å². The highest BCUT2D eigenvalue weighted by atomic mass is 79.9. The van der Waals surface area contributed by atoms with Crippen molar-refractivity contribution in [1.82, 2.24) is 0 Å². The van der Waals surface area contributed by atoms with Crippen LogP contribution in [0.3, 0.4) is 0 Å². The van der Waals surface area contributed by atoms with Crippen LogP contribution < -0.4 is 0 Å². The summed E-state index contributed by atoms with van der Waals surface area (Å²) in [4.78, 5) is 21.5. The molecule has 0 heterocycles. The number of aliphatic carboxylic acids is 1. The summed E-state index contributed by atoms with van der Waals surface area (Å²) >= 11 is 2.90. The van der Waals surface area contributed by atoms with Crippen molar-refractivity contribution in [3.63, 3.8) is 0 Å². The number of benzene rings is 1. The molecular weight excluding hydrogens is 288 g/mol. The van der Waals surface area contributed by atoms with Crippen LogP contribution in [0.5, 0.6) is 5.75 Å². The average molecular weight is 301 g/mol. The van der Waals surface area contributed by atoms with Crippen molar-refractivity contribution in [2.75, 3.05) is 0 Å². The summed E-state index contributed by atoms with van der Waals surface area (Å²) in [6.07, 6.45) is -0.189. The molecule has 0 radical (unpaired) electrons. The smallest absolute Gasteiger partial charge is 0.317 e. The fourth-order valence-corrected chi connectivity index (χ4v) is 1.83. The van der Waals surface area contributed by atoms with Gasteiger partial charge in [-0.2, -0.15) is 0 Å². The molecule has 0 aliphatic carbocycles. The Labute approximate surface area is 107 Å². The van der Waals surface area contributed by atoms with E-state index in [-0.39, 0.29) is 17.7 Å². The molecule has 0 saturated carbocycles. The quantitative estimate of drug-likeness (QED) is 0.661. The Morgan fingerprint density at radius 1 is 1.35 bits per heavy atom. The first kappa shape index (κ1) is 13.7. The summed E-state index contributed by atoms with van der Waals surface area (Å²) in [5.74, 6) is -1.56. The molecule has 0 aliphatic heterocycles. The minimum absolute atomic E-state index is 0.0781. The lowest BCUT2D eigenvalue weighted by atomic mass is 10.00. The largest absolute Gasteiger partial charge is 0.507 e. The summed E-state index contributed by atoms with van der Waals surface area (Å²) < 4.78 is 0. The summed E-state index contributed by atoms with van der Waals surface area (Å²) in [7, 11) is 0. The van der Waals surface area contributed by atoms with Crippen LogP contribution >= 0.6 is 15.9 Å². The number of hydrogen-bond acceptors (Lipinski definition) is 3. The number of carbonyl (C=O) groups excluding carboxylic acids is 1. The SMILES string of the molecule is Cc1cc(C)c(O)c(C(=O)C[C@@H](Br)C(=O)O)c1. The molecule has 1 aromatic rings. The molecule has 0 spiro atoms. The van der Waals surface area contributed by atoms with Crippen molar-refractivity contribution >= 4 is 27.7 Å². The zero-order valence-electron chi connectivity index (χ0n) is 9.53. The number of aromatic hydroxyl groups is 1. The van der Waals surface area contributed by atoms with Crippen LogP contribution in [0.25, 0.3) is 0 Å². The number of phenols is 1. The first-order valence-corrected chi connectivity index (χ1v) is 5.94. The molecule has 0 saturated heterocycles. The Morgan fingerprint density at radius 2 is 1.94 bits per heavy atom. The van der Waals surface area contributed by atoms with E-state index in [2.05, 4.69) is 15.9 Å². The molecule has 17 heavy (non-hydrogen) atoms. The van der Waals surface area contributed by atoms with Gasteiger partial charge in [0.15, 0.2) is 5.78 Å². The van der Waals surface area contributed by atoms with Gasteiger partial charge in [0.05, 0.1) is 5.56 Å². The van der Waals surface area contributed by atoms with Gasteiger partial charge in [-0.25, -0.2) is 0 Å². The zero-order chi connectivity index (χ0) is 13.2. The van der Waals surface area contributed by atoms with Crippen molar-refractivity contribution in [3.8, 4) is 5.75 Å². The molecule has 0 aliphatic rings. The molecule has 0 amide bonds. The number of phenolic OH excluding ortho intramolecular Hbond substituents is 1. The summed E-state index contributed by atoms with van der Waals surface area (Å²) in [5, 5.41) is 18.5. The minimum Gasteiger partial charge on any atom is -0.507 e. The van der Waals surface area contributed by atoms with Crippen LogP contribution in [0.15, 0.2) is 12.1 Å². The molecule has 5 heteroatoms. The monoisotopic (exact) mass is 300 g/mol. The number of carboxylic acids is 1. The molecule has 0 fully saturated rings. The number of aryl methyl sites for hydroxylation is 2. The van der Waals surface area contributed by atoms with E-state index in [1.54, 1.807) is 19.1 Å². The number of carboxylic acid groups (broad SMARTS) is 1. The van der Waals surface area contributed by atoms with E-state index >= 15 is 0 Å². The topological polar surface area (TPSA) is 74.6 Å². The molecular formula is C12H13BrO4.